The van der Waals surface area contributed by atoms with E-state index in [0.29, 0.717) is 11.3 Å². The van der Waals surface area contributed by atoms with E-state index >= 15 is 0 Å². The lowest BCUT2D eigenvalue weighted by atomic mass is 10.2. The summed E-state index contributed by atoms with van der Waals surface area (Å²) >= 11 is 3.34. The van der Waals surface area contributed by atoms with Crippen molar-refractivity contribution in [2.75, 3.05) is 32.5 Å². The zero-order valence-corrected chi connectivity index (χ0v) is 11.6. The summed E-state index contributed by atoms with van der Waals surface area (Å²) in [6.07, 6.45) is 0.971. The van der Waals surface area contributed by atoms with Crippen molar-refractivity contribution in [2.45, 2.75) is 6.42 Å². The minimum Gasteiger partial charge on any atom is -0.478 e. The first-order chi connectivity index (χ1) is 8.00. The third kappa shape index (κ3) is 4.75. The van der Waals surface area contributed by atoms with E-state index in [9.17, 15) is 4.79 Å². The predicted molar refractivity (Wildman–Crippen MR) is 72.8 cm³/mol. The first-order valence-electron chi connectivity index (χ1n) is 5.42. The molecule has 0 amide bonds. The number of nitrogens with zero attached hydrogens (tertiary/aromatic N) is 1. The highest BCUT2D eigenvalue weighted by Gasteiger charge is 2.09. The third-order valence-corrected chi connectivity index (χ3v) is 2.80. The number of anilines is 1. The van der Waals surface area contributed by atoms with Gasteiger partial charge in [0.05, 0.1) is 5.56 Å². The van der Waals surface area contributed by atoms with Crippen LogP contribution in [-0.4, -0.2) is 43.2 Å². The van der Waals surface area contributed by atoms with E-state index < -0.39 is 5.97 Å². The fourth-order valence-corrected chi connectivity index (χ4v) is 1.83. The lowest BCUT2D eigenvalue weighted by Gasteiger charge is -2.12. The van der Waals surface area contributed by atoms with Crippen LogP contribution in [0.2, 0.25) is 0 Å². The molecule has 1 aromatic carbocycles. The Labute approximate surface area is 110 Å². The van der Waals surface area contributed by atoms with E-state index in [1.54, 1.807) is 18.2 Å². The summed E-state index contributed by atoms with van der Waals surface area (Å²) in [6, 6.07) is 5.12. The van der Waals surface area contributed by atoms with Crippen molar-refractivity contribution in [3.8, 4) is 0 Å². The molecule has 0 aliphatic carbocycles. The van der Waals surface area contributed by atoms with Gasteiger partial charge in [0, 0.05) is 16.7 Å². The second-order valence-corrected chi connectivity index (χ2v) is 4.99. The Hall–Kier alpha value is -1.07. The van der Waals surface area contributed by atoms with Crippen LogP contribution in [-0.2, 0) is 0 Å². The van der Waals surface area contributed by atoms with E-state index in [4.69, 9.17) is 5.11 Å². The topological polar surface area (TPSA) is 52.6 Å². The molecule has 0 atom stereocenters. The predicted octanol–water partition coefficient (Wildman–Crippen LogP) is 2.51. The van der Waals surface area contributed by atoms with Gasteiger partial charge in [0.25, 0.3) is 0 Å². The number of hydrogen-bond acceptors (Lipinski definition) is 3. The number of nitrogens with one attached hydrogen (secondary N) is 1. The van der Waals surface area contributed by atoms with Crippen LogP contribution in [0.1, 0.15) is 16.8 Å². The van der Waals surface area contributed by atoms with Crippen molar-refractivity contribution in [3.05, 3.63) is 28.2 Å². The van der Waals surface area contributed by atoms with Gasteiger partial charge in [-0.3, -0.25) is 0 Å². The molecule has 94 valence electrons. The maximum atomic E-state index is 11.0. The van der Waals surface area contributed by atoms with E-state index in [1.807, 2.05) is 14.1 Å². The second-order valence-electron chi connectivity index (χ2n) is 4.08. The molecule has 0 fully saturated rings. The lowest BCUT2D eigenvalue weighted by molar-refractivity contribution is 0.0698. The molecule has 0 aliphatic rings. The Balaban J connectivity index is 2.62. The standard InChI is InChI=1S/C12H17BrN2O2/c1-15(2)7-3-6-14-11-8-9(13)4-5-10(11)12(16)17/h4-5,8,14H,3,6-7H2,1-2H3,(H,16,17). The van der Waals surface area contributed by atoms with E-state index in [0.717, 1.165) is 24.0 Å². The number of halogens is 1. The molecule has 1 aromatic rings. The highest BCUT2D eigenvalue weighted by Crippen LogP contribution is 2.21. The summed E-state index contributed by atoms with van der Waals surface area (Å²) in [4.78, 5) is 13.1. The Morgan fingerprint density at radius 1 is 1.47 bits per heavy atom. The van der Waals surface area contributed by atoms with Crippen molar-refractivity contribution >= 4 is 27.6 Å². The third-order valence-electron chi connectivity index (χ3n) is 2.31. The molecule has 0 aliphatic heterocycles. The molecular formula is C12H17BrN2O2. The number of carboxylic acids is 1. The monoisotopic (exact) mass is 300 g/mol. The summed E-state index contributed by atoms with van der Waals surface area (Å²) in [5.74, 6) is -0.910. The molecule has 0 unspecified atom stereocenters. The summed E-state index contributed by atoms with van der Waals surface area (Å²) in [5.41, 5.74) is 0.962. The molecule has 0 radical (unpaired) electrons. The maximum absolute atomic E-state index is 11.0. The molecule has 2 N–H and O–H groups in total. The van der Waals surface area contributed by atoms with Gasteiger partial charge in [-0.25, -0.2) is 4.79 Å². The van der Waals surface area contributed by atoms with E-state index in [-0.39, 0.29) is 0 Å². The van der Waals surface area contributed by atoms with Gasteiger partial charge >= 0.3 is 5.97 Å². The summed E-state index contributed by atoms with van der Waals surface area (Å²) < 4.78 is 0.873. The van der Waals surface area contributed by atoms with Gasteiger partial charge in [0.2, 0.25) is 0 Å². The zero-order chi connectivity index (χ0) is 12.8. The molecular weight excluding hydrogens is 284 g/mol. The average Bonchev–Trinajstić information content (AvgIpc) is 2.23. The fourth-order valence-electron chi connectivity index (χ4n) is 1.47. The van der Waals surface area contributed by atoms with Gasteiger partial charge in [-0.1, -0.05) is 15.9 Å². The van der Waals surface area contributed by atoms with Gasteiger partial charge in [0.1, 0.15) is 0 Å². The first-order valence-corrected chi connectivity index (χ1v) is 6.21. The molecule has 0 heterocycles. The van der Waals surface area contributed by atoms with Gasteiger partial charge in [-0.15, -0.1) is 0 Å². The molecule has 4 nitrogen and oxygen atoms in total. The van der Waals surface area contributed by atoms with Crippen LogP contribution in [0.25, 0.3) is 0 Å². The minimum absolute atomic E-state index is 0.304. The molecule has 0 bridgehead atoms. The molecule has 17 heavy (non-hydrogen) atoms. The van der Waals surface area contributed by atoms with Crippen LogP contribution < -0.4 is 5.32 Å². The highest BCUT2D eigenvalue weighted by atomic mass is 79.9. The number of aromatic carboxylic acids is 1. The molecule has 0 saturated carbocycles. The fraction of sp³-hybridized carbons (Fsp3) is 0.417. The van der Waals surface area contributed by atoms with Crippen molar-refractivity contribution in [1.29, 1.82) is 0 Å². The highest BCUT2D eigenvalue weighted by molar-refractivity contribution is 9.10. The zero-order valence-electron chi connectivity index (χ0n) is 10.0. The first kappa shape index (κ1) is 14.0. The molecule has 0 saturated heterocycles. The Kier molecular flexibility index (Phi) is 5.44. The van der Waals surface area contributed by atoms with Crippen LogP contribution in [0.3, 0.4) is 0 Å². The van der Waals surface area contributed by atoms with Crippen LogP contribution in [0.5, 0.6) is 0 Å². The van der Waals surface area contributed by atoms with Crippen LogP contribution in [0, 0.1) is 0 Å². The smallest absolute Gasteiger partial charge is 0.337 e. The Morgan fingerprint density at radius 3 is 2.76 bits per heavy atom. The van der Waals surface area contributed by atoms with Gasteiger partial charge in [0.15, 0.2) is 0 Å². The van der Waals surface area contributed by atoms with Gasteiger partial charge < -0.3 is 15.3 Å². The molecule has 0 aromatic heterocycles. The second kappa shape index (κ2) is 6.61. The molecule has 1 rings (SSSR count). The number of carbonyl (C=O) groups is 1. The largest absolute Gasteiger partial charge is 0.478 e. The van der Waals surface area contributed by atoms with E-state index in [1.165, 1.54) is 0 Å². The SMILES string of the molecule is CN(C)CCCNc1cc(Br)ccc1C(=O)O. The average molecular weight is 301 g/mol. The van der Waals surface area contributed by atoms with Crippen molar-refractivity contribution in [3.63, 3.8) is 0 Å². The molecule has 0 spiro atoms. The number of benzene rings is 1. The van der Waals surface area contributed by atoms with Crippen LogP contribution >= 0.6 is 15.9 Å². The number of rotatable bonds is 6. The van der Waals surface area contributed by atoms with Crippen LogP contribution in [0.4, 0.5) is 5.69 Å². The van der Waals surface area contributed by atoms with Crippen molar-refractivity contribution in [2.24, 2.45) is 0 Å². The Bertz CT molecular complexity index is 394. The quantitative estimate of drug-likeness (QED) is 0.793. The molecule has 5 heteroatoms. The van der Waals surface area contributed by atoms with Crippen molar-refractivity contribution < 1.29 is 9.90 Å². The van der Waals surface area contributed by atoms with Gasteiger partial charge in [-0.05, 0) is 45.3 Å². The normalized spacial score (nSPS) is 10.6. The van der Waals surface area contributed by atoms with Crippen molar-refractivity contribution in [1.82, 2.24) is 4.90 Å². The maximum Gasteiger partial charge on any atom is 0.337 e. The van der Waals surface area contributed by atoms with Gasteiger partial charge in [-0.2, -0.15) is 0 Å². The summed E-state index contributed by atoms with van der Waals surface area (Å²) in [6.45, 7) is 1.73. The summed E-state index contributed by atoms with van der Waals surface area (Å²) in [7, 11) is 4.03. The minimum atomic E-state index is -0.910. The number of hydrogen-bond donors (Lipinski definition) is 2. The summed E-state index contributed by atoms with van der Waals surface area (Å²) in [5, 5.41) is 12.2. The number of carboxylic acid groups (broad SMARTS) is 1. The van der Waals surface area contributed by atoms with Crippen LogP contribution in [0.15, 0.2) is 22.7 Å². The lowest BCUT2D eigenvalue weighted by Crippen LogP contribution is -2.17. The Morgan fingerprint density at radius 2 is 2.18 bits per heavy atom. The van der Waals surface area contributed by atoms with E-state index in [2.05, 4.69) is 26.1 Å².